The first-order chi connectivity index (χ1) is 13.3. The van der Waals surface area contributed by atoms with Crippen LogP contribution in [0.15, 0.2) is 84.9 Å². The van der Waals surface area contributed by atoms with Gasteiger partial charge in [-0.3, -0.25) is 0 Å². The Morgan fingerprint density at radius 3 is 1.54 bits per heavy atom. The average molecular weight is 391 g/mol. The number of alkyl halides is 3. The van der Waals surface area contributed by atoms with Crippen molar-refractivity contribution in [3.05, 3.63) is 84.9 Å². The number of nitrogens with zero attached hydrogens (tertiary/aromatic N) is 1. The van der Waals surface area contributed by atoms with E-state index in [2.05, 4.69) is 4.74 Å². The molecule has 3 aromatic rings. The van der Waals surface area contributed by atoms with Crippen LogP contribution in [0.25, 0.3) is 0 Å². The molecule has 0 saturated heterocycles. The van der Waals surface area contributed by atoms with Gasteiger partial charge in [0.1, 0.15) is 5.75 Å². The maximum atomic E-state index is 12.5. The van der Waals surface area contributed by atoms with Crippen molar-refractivity contribution >= 4 is 24.4 Å². The van der Waals surface area contributed by atoms with Crippen molar-refractivity contribution in [2.45, 2.75) is 6.36 Å². The van der Waals surface area contributed by atoms with Gasteiger partial charge in [-0.25, -0.2) is 0 Å². The number of benzene rings is 3. The van der Waals surface area contributed by atoms with Gasteiger partial charge >= 0.3 is 13.7 Å². The van der Waals surface area contributed by atoms with Crippen LogP contribution in [0.2, 0.25) is 0 Å². The van der Waals surface area contributed by atoms with E-state index < -0.39 is 13.7 Å². The van der Waals surface area contributed by atoms with Crippen LogP contribution >= 0.6 is 0 Å². The first-order valence-corrected chi connectivity index (χ1v) is 8.06. The summed E-state index contributed by atoms with van der Waals surface area (Å²) < 4.78 is 41.5. The first-order valence-electron chi connectivity index (χ1n) is 8.06. The number of hydrogen-bond donors (Lipinski definition) is 3. The van der Waals surface area contributed by atoms with Crippen LogP contribution in [-0.2, 0) is 0 Å². The van der Waals surface area contributed by atoms with Crippen LogP contribution in [-0.4, -0.2) is 28.8 Å². The van der Waals surface area contributed by atoms with E-state index in [0.29, 0.717) is 5.69 Å². The topological polar surface area (TPSA) is 73.2 Å². The quantitative estimate of drug-likeness (QED) is 0.587. The zero-order chi connectivity index (χ0) is 20.6. The molecule has 9 heteroatoms. The van der Waals surface area contributed by atoms with E-state index in [1.165, 1.54) is 18.2 Å². The molecule has 0 saturated carbocycles. The molecule has 3 rings (SSSR count). The van der Waals surface area contributed by atoms with E-state index in [0.717, 1.165) is 11.4 Å². The molecular formula is C19H17BF3NO4. The van der Waals surface area contributed by atoms with Crippen LogP contribution < -0.4 is 9.64 Å². The summed E-state index contributed by atoms with van der Waals surface area (Å²) in [6.45, 7) is 0. The van der Waals surface area contributed by atoms with Gasteiger partial charge in [-0.2, -0.15) is 0 Å². The summed E-state index contributed by atoms with van der Waals surface area (Å²) in [6, 6.07) is 24.8. The van der Waals surface area contributed by atoms with E-state index >= 15 is 0 Å². The molecule has 0 aliphatic rings. The molecule has 28 heavy (non-hydrogen) atoms. The lowest BCUT2D eigenvalue weighted by Crippen LogP contribution is -2.17. The minimum Gasteiger partial charge on any atom is -0.406 e. The van der Waals surface area contributed by atoms with Gasteiger partial charge < -0.3 is 24.7 Å². The normalized spacial score (nSPS) is 10.5. The van der Waals surface area contributed by atoms with Crippen molar-refractivity contribution in [1.29, 1.82) is 0 Å². The molecule has 146 valence electrons. The molecule has 0 bridgehead atoms. The zero-order valence-electron chi connectivity index (χ0n) is 14.5. The van der Waals surface area contributed by atoms with Crippen LogP contribution in [0.4, 0.5) is 30.2 Å². The van der Waals surface area contributed by atoms with E-state index in [1.807, 2.05) is 65.6 Å². The molecule has 0 amide bonds. The largest absolute Gasteiger partial charge is 0.631 e. The smallest absolute Gasteiger partial charge is 0.406 e. The van der Waals surface area contributed by atoms with Gasteiger partial charge in [-0.15, -0.1) is 13.2 Å². The van der Waals surface area contributed by atoms with Gasteiger partial charge in [0.2, 0.25) is 0 Å². The van der Waals surface area contributed by atoms with E-state index in [9.17, 15) is 13.2 Å². The summed E-state index contributed by atoms with van der Waals surface area (Å²) in [6.07, 6.45) is -4.72. The Balaban J connectivity index is 0.000000640. The maximum absolute atomic E-state index is 12.5. The minimum atomic E-state index is -4.72. The highest BCUT2D eigenvalue weighted by atomic mass is 19.4. The predicted molar refractivity (Wildman–Crippen MR) is 100 cm³/mol. The monoisotopic (exact) mass is 391 g/mol. The fourth-order valence-corrected chi connectivity index (χ4v) is 2.42. The number of hydrogen-bond acceptors (Lipinski definition) is 5. The first kappa shape index (κ1) is 21.3. The van der Waals surface area contributed by atoms with Crippen molar-refractivity contribution < 1.29 is 33.0 Å². The Kier molecular flexibility index (Phi) is 7.45. The lowest BCUT2D eigenvalue weighted by molar-refractivity contribution is -0.274. The van der Waals surface area contributed by atoms with E-state index in [-0.39, 0.29) is 5.75 Å². The summed E-state index contributed by atoms with van der Waals surface area (Å²) in [5.41, 5.74) is 2.26. The lowest BCUT2D eigenvalue weighted by Gasteiger charge is -2.25. The van der Waals surface area contributed by atoms with Crippen molar-refractivity contribution in [2.24, 2.45) is 0 Å². The van der Waals surface area contributed by atoms with Gasteiger partial charge in [0.05, 0.1) is 0 Å². The predicted octanol–water partition coefficient (Wildman–Crippen LogP) is 4.00. The maximum Gasteiger partial charge on any atom is 0.631 e. The molecule has 0 radical (unpaired) electrons. The highest BCUT2D eigenvalue weighted by Crippen LogP contribution is 2.36. The SMILES string of the molecule is FC(F)(F)Oc1cccc(N(c2ccccc2)c2ccccc2)c1.OB(O)O. The molecule has 0 spiro atoms. The standard InChI is InChI=1S/C19H14F3NO.BH3O3/c20-19(21,22)24-18-13-7-12-17(14-18)23(15-8-3-1-4-9-15)16-10-5-2-6-11-16;2-1(3)4/h1-14H;2-4H. The molecule has 3 N–H and O–H groups in total. The molecule has 0 atom stereocenters. The van der Waals surface area contributed by atoms with Gasteiger partial charge in [0, 0.05) is 23.1 Å². The molecule has 0 aromatic heterocycles. The highest BCUT2D eigenvalue weighted by Gasteiger charge is 2.31. The number of anilines is 3. The van der Waals surface area contributed by atoms with Gasteiger partial charge in [-0.1, -0.05) is 42.5 Å². The van der Waals surface area contributed by atoms with Gasteiger partial charge in [0.25, 0.3) is 0 Å². The van der Waals surface area contributed by atoms with Crippen LogP contribution in [0.3, 0.4) is 0 Å². The van der Waals surface area contributed by atoms with Crippen LogP contribution in [0, 0.1) is 0 Å². The van der Waals surface area contributed by atoms with Crippen LogP contribution in [0.5, 0.6) is 5.75 Å². The number of para-hydroxylation sites is 2. The third-order valence-electron chi connectivity index (χ3n) is 3.34. The Labute approximate surface area is 160 Å². The molecule has 0 aliphatic heterocycles. The van der Waals surface area contributed by atoms with Crippen LogP contribution in [0.1, 0.15) is 0 Å². The molecule has 0 unspecified atom stereocenters. The fourth-order valence-electron chi connectivity index (χ4n) is 2.42. The van der Waals surface area contributed by atoms with Crippen molar-refractivity contribution in [2.75, 3.05) is 4.90 Å². The average Bonchev–Trinajstić information content (AvgIpc) is 2.62. The summed E-state index contributed by atoms with van der Waals surface area (Å²) in [5, 5.41) is 21.5. The number of halogens is 3. The van der Waals surface area contributed by atoms with Gasteiger partial charge in [-0.05, 0) is 36.4 Å². The molecule has 3 aromatic carbocycles. The Morgan fingerprint density at radius 1 is 0.679 bits per heavy atom. The summed E-state index contributed by atoms with van der Waals surface area (Å²) >= 11 is 0. The summed E-state index contributed by atoms with van der Waals surface area (Å²) in [7, 11) is -2.17. The second-order valence-corrected chi connectivity index (χ2v) is 5.40. The highest BCUT2D eigenvalue weighted by molar-refractivity contribution is 6.30. The number of rotatable bonds is 4. The minimum absolute atomic E-state index is 0.253. The summed E-state index contributed by atoms with van der Waals surface area (Å²) in [5.74, 6) is -0.253. The Morgan fingerprint density at radius 2 is 1.11 bits per heavy atom. The summed E-state index contributed by atoms with van der Waals surface area (Å²) in [4.78, 5) is 1.86. The molecule has 0 fully saturated rings. The Hall–Kier alpha value is -3.01. The van der Waals surface area contributed by atoms with Crippen molar-refractivity contribution in [3.63, 3.8) is 0 Å². The molecular weight excluding hydrogens is 374 g/mol. The zero-order valence-corrected chi connectivity index (χ0v) is 14.5. The number of ether oxygens (including phenoxy) is 1. The second-order valence-electron chi connectivity index (χ2n) is 5.40. The van der Waals surface area contributed by atoms with Crippen molar-refractivity contribution in [1.82, 2.24) is 0 Å². The third kappa shape index (κ3) is 6.95. The van der Waals surface area contributed by atoms with E-state index in [4.69, 9.17) is 15.1 Å². The fraction of sp³-hybridized carbons (Fsp3) is 0.0526. The molecule has 0 aliphatic carbocycles. The Bertz CT molecular complexity index is 806. The van der Waals surface area contributed by atoms with E-state index in [1.54, 1.807) is 6.07 Å². The molecule has 0 heterocycles. The second kappa shape index (κ2) is 9.79. The molecule has 5 nitrogen and oxygen atoms in total. The third-order valence-corrected chi connectivity index (χ3v) is 3.34. The van der Waals surface area contributed by atoms with Gasteiger partial charge in [0.15, 0.2) is 0 Å². The van der Waals surface area contributed by atoms with Crippen molar-refractivity contribution in [3.8, 4) is 5.75 Å². The lowest BCUT2D eigenvalue weighted by atomic mass is 10.2.